The smallest absolute Gasteiger partial charge is 0.186 e. The third-order valence-corrected chi connectivity index (χ3v) is 2.67. The van der Waals surface area contributed by atoms with E-state index in [0.717, 1.165) is 6.54 Å². The van der Waals surface area contributed by atoms with Gasteiger partial charge in [-0.25, -0.2) is 4.39 Å². The summed E-state index contributed by atoms with van der Waals surface area (Å²) >= 11 is 4.96. The number of nitrogens with zero attached hydrogens (tertiary/aromatic N) is 1. The van der Waals surface area contributed by atoms with Crippen molar-refractivity contribution >= 4 is 23.5 Å². The first kappa shape index (κ1) is 14.2. The van der Waals surface area contributed by atoms with Crippen LogP contribution in [0.4, 0.5) is 4.39 Å². The summed E-state index contributed by atoms with van der Waals surface area (Å²) in [6.45, 7) is 2.67. The largest absolute Gasteiger partial charge is 0.455 e. The fourth-order valence-corrected chi connectivity index (χ4v) is 1.77. The number of benzene rings is 1. The first-order valence-electron chi connectivity index (χ1n) is 6.11. The fraction of sp³-hybridized carbons (Fsp3) is 0.143. The molecule has 6 heteroatoms. The highest BCUT2D eigenvalue weighted by Crippen LogP contribution is 2.21. The molecule has 1 aromatic heterocycles. The van der Waals surface area contributed by atoms with Crippen molar-refractivity contribution in [3.05, 3.63) is 48.0 Å². The van der Waals surface area contributed by atoms with E-state index in [0.29, 0.717) is 22.2 Å². The van der Waals surface area contributed by atoms with Gasteiger partial charge in [-0.05, 0) is 43.4 Å². The monoisotopic (exact) mass is 291 g/mol. The van der Waals surface area contributed by atoms with Gasteiger partial charge in [0.1, 0.15) is 17.3 Å². The zero-order valence-corrected chi connectivity index (χ0v) is 11.7. The molecule has 1 aromatic carbocycles. The van der Waals surface area contributed by atoms with Crippen LogP contribution in [0.25, 0.3) is 11.3 Å². The van der Waals surface area contributed by atoms with Gasteiger partial charge >= 0.3 is 0 Å². The third-order valence-electron chi connectivity index (χ3n) is 2.43. The van der Waals surface area contributed by atoms with Gasteiger partial charge in [0, 0.05) is 12.1 Å². The van der Waals surface area contributed by atoms with E-state index in [4.69, 9.17) is 16.6 Å². The van der Waals surface area contributed by atoms with E-state index in [1.807, 2.05) is 6.92 Å². The van der Waals surface area contributed by atoms with Gasteiger partial charge in [0.15, 0.2) is 5.11 Å². The Labute approximate surface area is 121 Å². The number of hydrogen-bond acceptors (Lipinski definition) is 3. The normalized spacial score (nSPS) is 10.7. The maximum atomic E-state index is 13.1. The molecule has 4 nitrogen and oxygen atoms in total. The highest BCUT2D eigenvalue weighted by molar-refractivity contribution is 7.80. The standard InChI is InChI=1S/C14H14FN3OS/c1-2-16-14(20)18-17-9-12-6-7-13(19-12)10-4-3-5-11(15)8-10/h3-9H,2H2,1H3,(H2,16,18,20). The van der Waals surface area contributed by atoms with Crippen LogP contribution < -0.4 is 10.7 Å². The maximum Gasteiger partial charge on any atom is 0.186 e. The second-order valence-corrected chi connectivity index (χ2v) is 4.35. The minimum absolute atomic E-state index is 0.299. The number of furan rings is 1. The average molecular weight is 291 g/mol. The topological polar surface area (TPSA) is 49.6 Å². The zero-order valence-electron chi connectivity index (χ0n) is 10.9. The molecule has 0 aliphatic carbocycles. The molecule has 0 aliphatic rings. The molecule has 0 saturated carbocycles. The Morgan fingerprint density at radius 3 is 3.00 bits per heavy atom. The van der Waals surface area contributed by atoms with Crippen molar-refractivity contribution in [2.24, 2.45) is 5.10 Å². The number of nitrogens with one attached hydrogen (secondary N) is 2. The Kier molecular flexibility index (Phi) is 4.84. The molecule has 0 amide bonds. The van der Waals surface area contributed by atoms with E-state index in [1.54, 1.807) is 24.3 Å². The number of halogens is 1. The Balaban J connectivity index is 2.02. The van der Waals surface area contributed by atoms with E-state index in [-0.39, 0.29) is 5.82 Å². The zero-order chi connectivity index (χ0) is 14.4. The summed E-state index contributed by atoms with van der Waals surface area (Å²) in [5.74, 6) is 0.836. The van der Waals surface area contributed by atoms with Gasteiger partial charge in [0.2, 0.25) is 0 Å². The van der Waals surface area contributed by atoms with E-state index in [9.17, 15) is 4.39 Å². The van der Waals surface area contributed by atoms with Crippen LogP contribution in [0.15, 0.2) is 45.9 Å². The Morgan fingerprint density at radius 1 is 1.40 bits per heavy atom. The second-order valence-electron chi connectivity index (χ2n) is 3.94. The number of rotatable bonds is 4. The van der Waals surface area contributed by atoms with Gasteiger partial charge in [0.25, 0.3) is 0 Å². The van der Waals surface area contributed by atoms with Crippen molar-refractivity contribution < 1.29 is 8.81 Å². The molecule has 20 heavy (non-hydrogen) atoms. The predicted octanol–water partition coefficient (Wildman–Crippen LogP) is 2.90. The third kappa shape index (κ3) is 3.89. The molecule has 104 valence electrons. The molecule has 0 saturated heterocycles. The van der Waals surface area contributed by atoms with Crippen LogP contribution >= 0.6 is 12.2 Å². The number of thiocarbonyl (C=S) groups is 1. The lowest BCUT2D eigenvalue weighted by molar-refractivity contribution is 0.572. The van der Waals surface area contributed by atoms with Crippen LogP contribution in [0.2, 0.25) is 0 Å². The molecule has 2 rings (SSSR count). The van der Waals surface area contributed by atoms with Crippen LogP contribution in [0.3, 0.4) is 0 Å². The summed E-state index contributed by atoms with van der Waals surface area (Å²) < 4.78 is 18.7. The van der Waals surface area contributed by atoms with Crippen LogP contribution in [0, 0.1) is 5.82 Å². The highest BCUT2D eigenvalue weighted by Gasteiger charge is 2.04. The first-order valence-corrected chi connectivity index (χ1v) is 6.52. The summed E-state index contributed by atoms with van der Waals surface area (Å²) in [7, 11) is 0. The first-order chi connectivity index (χ1) is 9.69. The van der Waals surface area contributed by atoms with Gasteiger partial charge in [-0.15, -0.1) is 0 Å². The number of hydrazone groups is 1. The lowest BCUT2D eigenvalue weighted by atomic mass is 10.2. The van der Waals surface area contributed by atoms with Crippen molar-refractivity contribution in [3.8, 4) is 11.3 Å². The van der Waals surface area contributed by atoms with Gasteiger partial charge in [-0.3, -0.25) is 5.43 Å². The van der Waals surface area contributed by atoms with E-state index >= 15 is 0 Å². The molecule has 0 atom stereocenters. The molecule has 1 heterocycles. The van der Waals surface area contributed by atoms with E-state index in [1.165, 1.54) is 18.3 Å². The van der Waals surface area contributed by atoms with Crippen molar-refractivity contribution in [2.75, 3.05) is 6.54 Å². The highest BCUT2D eigenvalue weighted by atomic mass is 32.1. The molecule has 0 unspecified atom stereocenters. The van der Waals surface area contributed by atoms with Crippen LogP contribution in [-0.4, -0.2) is 17.9 Å². The van der Waals surface area contributed by atoms with Crippen molar-refractivity contribution in [1.82, 2.24) is 10.7 Å². The minimum Gasteiger partial charge on any atom is -0.455 e. The summed E-state index contributed by atoms with van der Waals surface area (Å²) in [5, 5.41) is 7.29. The molecule has 2 N–H and O–H groups in total. The molecule has 0 radical (unpaired) electrons. The van der Waals surface area contributed by atoms with Crippen molar-refractivity contribution in [3.63, 3.8) is 0 Å². The maximum absolute atomic E-state index is 13.1. The van der Waals surface area contributed by atoms with Crippen LogP contribution in [-0.2, 0) is 0 Å². The van der Waals surface area contributed by atoms with Gasteiger partial charge < -0.3 is 9.73 Å². The minimum atomic E-state index is -0.299. The summed E-state index contributed by atoms with van der Waals surface area (Å²) in [4.78, 5) is 0. The SMILES string of the molecule is CCNC(=S)NN=Cc1ccc(-c2cccc(F)c2)o1. The van der Waals surface area contributed by atoms with E-state index in [2.05, 4.69) is 15.8 Å². The quantitative estimate of drug-likeness (QED) is 0.516. The summed E-state index contributed by atoms with van der Waals surface area (Å²) in [6, 6.07) is 9.73. The van der Waals surface area contributed by atoms with E-state index < -0.39 is 0 Å². The molecular formula is C14H14FN3OS. The van der Waals surface area contributed by atoms with Crippen LogP contribution in [0.5, 0.6) is 0 Å². The summed E-state index contributed by atoms with van der Waals surface area (Å²) in [5.41, 5.74) is 3.34. The number of hydrogen-bond donors (Lipinski definition) is 2. The van der Waals surface area contributed by atoms with Crippen molar-refractivity contribution in [2.45, 2.75) is 6.92 Å². The predicted molar refractivity (Wildman–Crippen MR) is 81.1 cm³/mol. The molecule has 0 bridgehead atoms. The van der Waals surface area contributed by atoms with Crippen LogP contribution in [0.1, 0.15) is 12.7 Å². The Hall–Kier alpha value is -2.21. The second kappa shape index (κ2) is 6.81. The Bertz CT molecular complexity index is 624. The molecule has 0 spiro atoms. The van der Waals surface area contributed by atoms with Gasteiger partial charge in [-0.1, -0.05) is 12.1 Å². The van der Waals surface area contributed by atoms with Gasteiger partial charge in [-0.2, -0.15) is 5.10 Å². The molecule has 2 aromatic rings. The lowest BCUT2D eigenvalue weighted by Crippen LogP contribution is -2.31. The Morgan fingerprint density at radius 2 is 2.25 bits per heavy atom. The molecular weight excluding hydrogens is 277 g/mol. The molecule has 0 fully saturated rings. The summed E-state index contributed by atoms with van der Waals surface area (Å²) in [6.07, 6.45) is 1.51. The fourth-order valence-electron chi connectivity index (χ4n) is 1.57. The van der Waals surface area contributed by atoms with Gasteiger partial charge in [0.05, 0.1) is 6.21 Å². The average Bonchev–Trinajstić information content (AvgIpc) is 2.88. The molecule has 0 aliphatic heterocycles. The lowest BCUT2D eigenvalue weighted by Gasteiger charge is -2.01. The van der Waals surface area contributed by atoms with Crippen molar-refractivity contribution in [1.29, 1.82) is 0 Å².